The first kappa shape index (κ1) is 13.0. The second-order valence-electron chi connectivity index (χ2n) is 3.02. The predicted octanol–water partition coefficient (Wildman–Crippen LogP) is 1.14. The van der Waals surface area contributed by atoms with Crippen molar-refractivity contribution >= 4 is 5.97 Å². The van der Waals surface area contributed by atoms with Crippen molar-refractivity contribution < 1.29 is 18.3 Å². The van der Waals surface area contributed by atoms with E-state index in [1.165, 1.54) is 0 Å². The lowest BCUT2D eigenvalue weighted by Crippen LogP contribution is -2.15. The molecule has 0 aliphatic carbocycles. The molecule has 0 radical (unpaired) electrons. The minimum absolute atomic E-state index is 0.0304. The van der Waals surface area contributed by atoms with E-state index in [9.17, 15) is 13.6 Å². The Morgan fingerprint density at radius 2 is 2.35 bits per heavy atom. The summed E-state index contributed by atoms with van der Waals surface area (Å²) in [4.78, 5) is 14.9. The smallest absolute Gasteiger partial charge is 0.357 e. The lowest BCUT2D eigenvalue weighted by molar-refractivity contribution is 0.0592. The Morgan fingerprint density at radius 3 is 2.76 bits per heavy atom. The standard InChI is InChI=1S/C10H9F2N3O2/c1-17-10(16)8-6(3-14)5(2-13)7(4-15-8)9(11)12/h4,9H,3,14H2,1H3. The molecule has 17 heavy (non-hydrogen) atoms. The molecule has 0 saturated carbocycles. The molecular weight excluding hydrogens is 232 g/mol. The maximum absolute atomic E-state index is 12.6. The third-order valence-corrected chi connectivity index (χ3v) is 2.14. The molecule has 0 aliphatic rings. The van der Waals surface area contributed by atoms with Crippen molar-refractivity contribution in [3.8, 4) is 6.07 Å². The van der Waals surface area contributed by atoms with Crippen LogP contribution in [-0.2, 0) is 11.3 Å². The number of alkyl halides is 2. The summed E-state index contributed by atoms with van der Waals surface area (Å²) in [7, 11) is 1.12. The number of methoxy groups -OCH3 is 1. The molecule has 7 heteroatoms. The lowest BCUT2D eigenvalue weighted by atomic mass is 10.0. The molecule has 0 aliphatic heterocycles. The van der Waals surface area contributed by atoms with E-state index in [-0.39, 0.29) is 23.4 Å². The molecule has 1 aromatic heterocycles. The van der Waals surface area contributed by atoms with Gasteiger partial charge in [0.2, 0.25) is 0 Å². The van der Waals surface area contributed by atoms with Gasteiger partial charge in [0, 0.05) is 18.3 Å². The van der Waals surface area contributed by atoms with Gasteiger partial charge in [0.05, 0.1) is 18.2 Å². The van der Waals surface area contributed by atoms with Gasteiger partial charge in [-0.1, -0.05) is 0 Å². The highest BCUT2D eigenvalue weighted by Crippen LogP contribution is 2.25. The molecule has 90 valence electrons. The van der Waals surface area contributed by atoms with Crippen molar-refractivity contribution in [3.63, 3.8) is 0 Å². The van der Waals surface area contributed by atoms with E-state index in [0.29, 0.717) is 0 Å². The van der Waals surface area contributed by atoms with Crippen LogP contribution in [0.5, 0.6) is 0 Å². The van der Waals surface area contributed by atoms with Crippen LogP contribution in [0.2, 0.25) is 0 Å². The third kappa shape index (κ3) is 2.37. The number of carbonyl (C=O) groups is 1. The van der Waals surface area contributed by atoms with Crippen molar-refractivity contribution in [2.24, 2.45) is 5.73 Å². The molecule has 5 nitrogen and oxygen atoms in total. The Morgan fingerprint density at radius 1 is 1.71 bits per heavy atom. The zero-order valence-electron chi connectivity index (χ0n) is 8.91. The van der Waals surface area contributed by atoms with Crippen LogP contribution in [0.4, 0.5) is 8.78 Å². The Labute approximate surface area is 95.8 Å². The second kappa shape index (κ2) is 5.32. The van der Waals surface area contributed by atoms with Crippen LogP contribution in [0.25, 0.3) is 0 Å². The van der Waals surface area contributed by atoms with Gasteiger partial charge in [0.1, 0.15) is 6.07 Å². The fourth-order valence-electron chi connectivity index (χ4n) is 1.34. The van der Waals surface area contributed by atoms with Crippen LogP contribution >= 0.6 is 0 Å². The highest BCUT2D eigenvalue weighted by molar-refractivity contribution is 5.89. The summed E-state index contributed by atoms with van der Waals surface area (Å²) in [6.07, 6.45) is -2.07. The average Bonchev–Trinajstić information content (AvgIpc) is 2.35. The fourth-order valence-corrected chi connectivity index (χ4v) is 1.34. The van der Waals surface area contributed by atoms with Gasteiger partial charge in [-0.3, -0.25) is 0 Å². The van der Waals surface area contributed by atoms with Crippen molar-refractivity contribution in [1.29, 1.82) is 5.26 Å². The summed E-state index contributed by atoms with van der Waals surface area (Å²) in [6, 6.07) is 1.61. The van der Waals surface area contributed by atoms with Crippen molar-refractivity contribution in [3.05, 3.63) is 28.6 Å². The molecule has 1 rings (SSSR count). The molecular formula is C10H9F2N3O2. The molecule has 0 atom stereocenters. The minimum atomic E-state index is -2.85. The molecule has 2 N–H and O–H groups in total. The van der Waals surface area contributed by atoms with Gasteiger partial charge >= 0.3 is 5.97 Å². The molecule has 1 heterocycles. The number of pyridine rings is 1. The van der Waals surface area contributed by atoms with E-state index in [2.05, 4.69) is 9.72 Å². The maximum Gasteiger partial charge on any atom is 0.357 e. The number of ether oxygens (including phenoxy) is 1. The molecule has 0 saturated heterocycles. The number of halogens is 2. The van der Waals surface area contributed by atoms with Crippen LogP contribution < -0.4 is 5.73 Å². The van der Waals surface area contributed by atoms with Gasteiger partial charge in [0.15, 0.2) is 5.69 Å². The van der Waals surface area contributed by atoms with Crippen molar-refractivity contribution in [2.75, 3.05) is 7.11 Å². The monoisotopic (exact) mass is 241 g/mol. The van der Waals surface area contributed by atoms with Crippen molar-refractivity contribution in [2.45, 2.75) is 13.0 Å². The quantitative estimate of drug-likeness (QED) is 0.801. The summed E-state index contributed by atoms with van der Waals surface area (Å²) in [5, 5.41) is 8.84. The molecule has 0 bridgehead atoms. The van der Waals surface area contributed by atoms with Crippen LogP contribution in [0.3, 0.4) is 0 Å². The minimum Gasteiger partial charge on any atom is -0.464 e. The van der Waals surface area contributed by atoms with E-state index in [1.807, 2.05) is 0 Å². The molecule has 0 fully saturated rings. The summed E-state index contributed by atoms with van der Waals surface area (Å²) in [6.45, 7) is -0.249. The van der Waals surface area contributed by atoms with E-state index < -0.39 is 18.0 Å². The third-order valence-electron chi connectivity index (χ3n) is 2.14. The Balaban J connectivity index is 3.50. The van der Waals surface area contributed by atoms with Gasteiger partial charge in [-0.05, 0) is 0 Å². The Hall–Kier alpha value is -2.07. The van der Waals surface area contributed by atoms with Gasteiger partial charge in [-0.2, -0.15) is 5.26 Å². The van der Waals surface area contributed by atoms with E-state index in [4.69, 9.17) is 11.0 Å². The van der Waals surface area contributed by atoms with Gasteiger partial charge in [-0.15, -0.1) is 0 Å². The lowest BCUT2D eigenvalue weighted by Gasteiger charge is -2.10. The highest BCUT2D eigenvalue weighted by atomic mass is 19.3. The number of aromatic nitrogens is 1. The summed E-state index contributed by atoms with van der Waals surface area (Å²) < 4.78 is 29.6. The van der Waals surface area contributed by atoms with Gasteiger partial charge in [0.25, 0.3) is 6.43 Å². The molecule has 0 spiro atoms. The number of hydrogen-bond donors (Lipinski definition) is 1. The number of nitrogens with zero attached hydrogens (tertiary/aromatic N) is 2. The number of nitrogens with two attached hydrogens (primary N) is 1. The summed E-state index contributed by atoms with van der Waals surface area (Å²) in [5.74, 6) is -0.817. The van der Waals surface area contributed by atoms with Crippen molar-refractivity contribution in [1.82, 2.24) is 4.98 Å². The zero-order chi connectivity index (χ0) is 13.0. The van der Waals surface area contributed by atoms with Gasteiger partial charge < -0.3 is 10.5 Å². The number of nitriles is 1. The first-order chi connectivity index (χ1) is 8.06. The second-order valence-corrected chi connectivity index (χ2v) is 3.02. The molecule has 0 amide bonds. The highest BCUT2D eigenvalue weighted by Gasteiger charge is 2.23. The zero-order valence-corrected chi connectivity index (χ0v) is 8.91. The normalized spacial score (nSPS) is 10.1. The topological polar surface area (TPSA) is 89.0 Å². The van der Waals surface area contributed by atoms with Crippen LogP contribution in [0, 0.1) is 11.3 Å². The average molecular weight is 241 g/mol. The SMILES string of the molecule is COC(=O)c1ncc(C(F)F)c(C#N)c1CN. The first-order valence-corrected chi connectivity index (χ1v) is 4.55. The Bertz CT molecular complexity index is 483. The number of hydrogen-bond acceptors (Lipinski definition) is 5. The fraction of sp³-hybridized carbons (Fsp3) is 0.300. The Kier molecular flexibility index (Phi) is 4.06. The molecule has 1 aromatic rings. The number of esters is 1. The van der Waals surface area contributed by atoms with E-state index in [1.54, 1.807) is 6.07 Å². The van der Waals surface area contributed by atoms with E-state index in [0.717, 1.165) is 13.3 Å². The first-order valence-electron chi connectivity index (χ1n) is 4.55. The summed E-state index contributed by atoms with van der Waals surface area (Å²) >= 11 is 0. The van der Waals surface area contributed by atoms with Gasteiger partial charge in [-0.25, -0.2) is 18.6 Å². The number of carbonyl (C=O) groups excluding carboxylic acids is 1. The molecule has 0 aromatic carbocycles. The maximum atomic E-state index is 12.6. The summed E-state index contributed by atoms with van der Waals surface area (Å²) in [5.41, 5.74) is 4.24. The largest absolute Gasteiger partial charge is 0.464 e. The predicted molar refractivity (Wildman–Crippen MR) is 53.1 cm³/mol. The van der Waals surface area contributed by atoms with E-state index >= 15 is 0 Å². The van der Waals surface area contributed by atoms with Crippen LogP contribution in [-0.4, -0.2) is 18.1 Å². The van der Waals surface area contributed by atoms with Crippen LogP contribution in [0.15, 0.2) is 6.20 Å². The van der Waals surface area contributed by atoms with Crippen LogP contribution in [0.1, 0.15) is 33.6 Å². The molecule has 0 unspecified atom stereocenters. The number of rotatable bonds is 3.